The molecule has 9 nitrogen and oxygen atoms in total. The topological polar surface area (TPSA) is 143 Å². The fourth-order valence-electron chi connectivity index (χ4n) is 4.71. The van der Waals surface area contributed by atoms with Gasteiger partial charge in [0.05, 0.1) is 23.6 Å². The number of sulfone groups is 1. The van der Waals surface area contributed by atoms with Crippen molar-refractivity contribution in [3.05, 3.63) is 53.6 Å². The molecule has 11 heteroatoms. The number of hydrogen-bond donors (Lipinski definition) is 2. The number of nitrogens with one attached hydrogen (secondary N) is 1. The van der Waals surface area contributed by atoms with Crippen LogP contribution in [0, 0.1) is 17.1 Å². The largest absolute Gasteiger partial charge is 0.493 e. The van der Waals surface area contributed by atoms with Crippen molar-refractivity contribution in [1.82, 2.24) is 9.97 Å². The molecule has 180 valence electrons. The van der Waals surface area contributed by atoms with Crippen molar-refractivity contribution in [3.8, 4) is 11.8 Å². The molecule has 0 fully saturated rings. The molecule has 4 heterocycles. The summed E-state index contributed by atoms with van der Waals surface area (Å²) in [5.74, 6) is 0.245. The second kappa shape index (κ2) is 7.61. The van der Waals surface area contributed by atoms with Crippen LogP contribution in [-0.4, -0.2) is 40.8 Å². The molecule has 2 aliphatic heterocycles. The van der Waals surface area contributed by atoms with Crippen LogP contribution in [0.25, 0.3) is 10.9 Å². The predicted molar refractivity (Wildman–Crippen MR) is 130 cm³/mol. The minimum Gasteiger partial charge on any atom is -0.493 e. The van der Waals surface area contributed by atoms with E-state index in [0.717, 1.165) is 6.20 Å². The number of nitriles is 1. The van der Waals surface area contributed by atoms with Crippen LogP contribution in [0.2, 0.25) is 0 Å². The van der Waals surface area contributed by atoms with Crippen LogP contribution in [0.1, 0.15) is 38.3 Å². The minimum absolute atomic E-state index is 0.0474. The van der Waals surface area contributed by atoms with Gasteiger partial charge in [0.15, 0.2) is 21.5 Å². The molecule has 3 N–H and O–H groups in total. The summed E-state index contributed by atoms with van der Waals surface area (Å²) in [4.78, 5) is 13.1. The second-order valence-electron chi connectivity index (χ2n) is 9.35. The molecule has 5 rings (SSSR count). The lowest BCUT2D eigenvalue weighted by atomic mass is 9.86. The van der Waals surface area contributed by atoms with E-state index in [1.807, 2.05) is 6.07 Å². The molecule has 2 aliphatic rings. The van der Waals surface area contributed by atoms with E-state index in [-0.39, 0.29) is 41.1 Å². The summed E-state index contributed by atoms with van der Waals surface area (Å²) in [7, 11) is -3.69. The summed E-state index contributed by atoms with van der Waals surface area (Å²) in [5.41, 5.74) is 6.62. The van der Waals surface area contributed by atoms with E-state index in [1.54, 1.807) is 39.0 Å². The molecule has 0 radical (unpaired) electrons. The van der Waals surface area contributed by atoms with Crippen LogP contribution in [0.4, 0.5) is 15.9 Å². The van der Waals surface area contributed by atoms with E-state index in [4.69, 9.17) is 20.7 Å². The number of nitrogens with two attached hydrogens (primary N) is 1. The first-order valence-electron chi connectivity index (χ1n) is 11.0. The highest BCUT2D eigenvalue weighted by atomic mass is 32.2. The second-order valence-corrected chi connectivity index (χ2v) is 12.0. The van der Waals surface area contributed by atoms with Crippen molar-refractivity contribution in [1.29, 1.82) is 5.26 Å². The predicted octanol–water partition coefficient (Wildman–Crippen LogP) is 3.31. The molecule has 35 heavy (non-hydrogen) atoms. The Balaban J connectivity index is 1.64. The molecule has 0 unspecified atom stereocenters. The van der Waals surface area contributed by atoms with Gasteiger partial charge in [-0.3, -0.25) is 9.98 Å². The van der Waals surface area contributed by atoms with Gasteiger partial charge in [-0.05, 0) is 45.0 Å². The van der Waals surface area contributed by atoms with Gasteiger partial charge < -0.3 is 15.8 Å². The average molecular weight is 495 g/mol. The van der Waals surface area contributed by atoms with Crippen molar-refractivity contribution >= 4 is 38.1 Å². The fourth-order valence-corrected chi connectivity index (χ4v) is 6.95. The summed E-state index contributed by atoms with van der Waals surface area (Å²) in [6.07, 6.45) is 2.67. The maximum atomic E-state index is 14.4. The highest BCUT2D eigenvalue weighted by Crippen LogP contribution is 2.48. The van der Waals surface area contributed by atoms with Crippen molar-refractivity contribution in [2.45, 2.75) is 42.7 Å². The lowest BCUT2D eigenvalue weighted by molar-refractivity contribution is 0.311. The van der Waals surface area contributed by atoms with Crippen LogP contribution in [0.5, 0.6) is 5.75 Å². The number of rotatable bonds is 2. The molecule has 0 spiro atoms. The van der Waals surface area contributed by atoms with E-state index in [9.17, 15) is 12.8 Å². The molecule has 2 aromatic heterocycles. The highest BCUT2D eigenvalue weighted by Gasteiger charge is 2.57. The van der Waals surface area contributed by atoms with Crippen molar-refractivity contribution in [3.63, 3.8) is 0 Å². The normalized spacial score (nSPS) is 24.2. The van der Waals surface area contributed by atoms with Crippen LogP contribution in [0.15, 0.2) is 41.7 Å². The maximum Gasteiger partial charge on any atom is 0.168 e. The maximum absolute atomic E-state index is 14.4. The number of ether oxygens (including phenoxy) is 1. The van der Waals surface area contributed by atoms with Gasteiger partial charge in [-0.2, -0.15) is 5.26 Å². The van der Waals surface area contributed by atoms with Gasteiger partial charge in [0.2, 0.25) is 0 Å². The number of benzene rings is 1. The summed E-state index contributed by atoms with van der Waals surface area (Å²) >= 11 is 0. The monoisotopic (exact) mass is 494 g/mol. The van der Waals surface area contributed by atoms with Gasteiger partial charge in [0.1, 0.15) is 33.5 Å². The fraction of sp³-hybridized carbons (Fsp3) is 0.333. The number of hydrogen-bond acceptors (Lipinski definition) is 9. The molecular weight excluding hydrogens is 471 g/mol. The molecule has 0 aliphatic carbocycles. The van der Waals surface area contributed by atoms with Gasteiger partial charge in [-0.25, -0.2) is 17.8 Å². The summed E-state index contributed by atoms with van der Waals surface area (Å²) in [6.45, 7) is 5.12. The number of amidine groups is 1. The SMILES string of the molecule is CC1(C)C(N)=N[C@]2(C)c3cc(Nc4ncc(F)c5cc(C#N)cnc45)ccc3OCC[C@H]2S1(=O)=O. The lowest BCUT2D eigenvalue weighted by Crippen LogP contribution is -2.59. The Labute approximate surface area is 201 Å². The van der Waals surface area contributed by atoms with Gasteiger partial charge in [-0.1, -0.05) is 0 Å². The zero-order valence-corrected chi connectivity index (χ0v) is 20.1. The highest BCUT2D eigenvalue weighted by molar-refractivity contribution is 7.94. The van der Waals surface area contributed by atoms with Crippen molar-refractivity contribution < 1.29 is 17.5 Å². The number of nitrogens with zero attached hydrogens (tertiary/aromatic N) is 4. The summed E-state index contributed by atoms with van der Waals surface area (Å²) in [5, 5.41) is 11.6. The van der Waals surface area contributed by atoms with Gasteiger partial charge in [0.25, 0.3) is 0 Å². The number of aliphatic imine (C=N–C) groups is 1. The van der Waals surface area contributed by atoms with E-state index in [1.165, 1.54) is 12.3 Å². The summed E-state index contributed by atoms with van der Waals surface area (Å²) < 4.78 is 46.1. The molecule has 3 aromatic rings. The zero-order chi connectivity index (χ0) is 25.2. The quantitative estimate of drug-likeness (QED) is 0.552. The van der Waals surface area contributed by atoms with Crippen LogP contribution in [0.3, 0.4) is 0 Å². The molecular formula is C24H23FN6O3S. The van der Waals surface area contributed by atoms with Crippen LogP contribution >= 0.6 is 0 Å². The molecule has 0 amide bonds. The van der Waals surface area contributed by atoms with E-state index in [2.05, 4.69) is 15.3 Å². The molecule has 1 aromatic carbocycles. The third-order valence-electron chi connectivity index (χ3n) is 6.91. The summed E-state index contributed by atoms with van der Waals surface area (Å²) in [6, 6.07) is 8.58. The van der Waals surface area contributed by atoms with Crippen LogP contribution < -0.4 is 15.8 Å². The standard InChI is InChI=1S/C24H23FN6O3S/c1-23(2)22(27)31-24(3)16-9-14(4-5-18(16)34-7-6-19(24)35(23,32)33)30-21-20-15(17(25)12-29-21)8-13(10-26)11-28-20/h4-5,8-9,11-12,19H,6-7H2,1-3H3,(H2,27,31)(H,29,30)/t19-,24-/m1/s1. The Kier molecular flexibility index (Phi) is 5.00. The molecule has 0 saturated heterocycles. The van der Waals surface area contributed by atoms with Gasteiger partial charge in [0, 0.05) is 29.3 Å². The first-order chi connectivity index (χ1) is 16.5. The van der Waals surface area contributed by atoms with Gasteiger partial charge >= 0.3 is 0 Å². The molecule has 0 bridgehead atoms. The number of halogens is 1. The zero-order valence-electron chi connectivity index (χ0n) is 19.3. The van der Waals surface area contributed by atoms with Gasteiger partial charge in [-0.15, -0.1) is 0 Å². The number of aromatic nitrogens is 2. The van der Waals surface area contributed by atoms with E-state index < -0.39 is 31.2 Å². The Bertz CT molecular complexity index is 1560. The Hall–Kier alpha value is -3.78. The first-order valence-corrected chi connectivity index (χ1v) is 12.5. The van der Waals surface area contributed by atoms with E-state index >= 15 is 0 Å². The Morgan fingerprint density at radius 3 is 2.74 bits per heavy atom. The number of anilines is 2. The molecule has 0 saturated carbocycles. The van der Waals surface area contributed by atoms with Crippen molar-refractivity contribution in [2.75, 3.05) is 11.9 Å². The third-order valence-corrected chi connectivity index (χ3v) is 9.99. The van der Waals surface area contributed by atoms with Crippen molar-refractivity contribution in [2.24, 2.45) is 10.7 Å². The number of fused-ring (bicyclic) bond motifs is 4. The number of pyridine rings is 2. The first kappa shape index (κ1) is 23.0. The minimum atomic E-state index is -3.69. The molecule has 2 atom stereocenters. The Morgan fingerprint density at radius 1 is 1.23 bits per heavy atom. The Morgan fingerprint density at radius 2 is 2.00 bits per heavy atom. The third kappa shape index (κ3) is 3.31. The van der Waals surface area contributed by atoms with Crippen LogP contribution in [-0.2, 0) is 15.4 Å². The average Bonchev–Trinajstić information content (AvgIpc) is 2.96. The lowest BCUT2D eigenvalue weighted by Gasteiger charge is -2.43. The smallest absolute Gasteiger partial charge is 0.168 e. The van der Waals surface area contributed by atoms with E-state index in [0.29, 0.717) is 17.0 Å².